The van der Waals surface area contributed by atoms with E-state index in [9.17, 15) is 14.7 Å². The quantitative estimate of drug-likeness (QED) is 0.647. The van der Waals surface area contributed by atoms with E-state index in [1.165, 1.54) is 13.0 Å². The van der Waals surface area contributed by atoms with Gasteiger partial charge in [-0.1, -0.05) is 19.9 Å². The van der Waals surface area contributed by atoms with E-state index in [4.69, 9.17) is 4.42 Å². The van der Waals surface area contributed by atoms with Crippen LogP contribution in [0.4, 0.5) is 0 Å². The van der Waals surface area contributed by atoms with Crippen LogP contribution in [-0.2, 0) is 0 Å². The fourth-order valence-electron chi connectivity index (χ4n) is 1.21. The molecule has 0 spiro atoms. The third-order valence-electron chi connectivity index (χ3n) is 1.91. The van der Waals surface area contributed by atoms with Crippen molar-refractivity contribution in [2.45, 2.75) is 33.6 Å². The van der Waals surface area contributed by atoms with Crippen molar-refractivity contribution in [3.8, 4) is 5.75 Å². The molecule has 0 fully saturated rings. The highest BCUT2D eigenvalue weighted by atomic mass is 16.4. The van der Waals surface area contributed by atoms with E-state index in [2.05, 4.69) is 6.58 Å². The maximum Gasteiger partial charge on any atom is 0.350 e. The van der Waals surface area contributed by atoms with E-state index in [0.29, 0.717) is 6.42 Å². The van der Waals surface area contributed by atoms with Gasteiger partial charge in [-0.25, -0.2) is 4.79 Å². The number of carbonyl (C=O) groups excluding carboxylic acids is 1. The van der Waals surface area contributed by atoms with Crippen molar-refractivity contribution in [3.63, 3.8) is 0 Å². The molecule has 1 heterocycles. The molecular formula is C13H18O4. The second-order valence-corrected chi connectivity index (χ2v) is 3.16. The Bertz CT molecular complexity index is 443. The highest BCUT2D eigenvalue weighted by Gasteiger charge is 2.17. The van der Waals surface area contributed by atoms with E-state index in [0.717, 1.165) is 0 Å². The first kappa shape index (κ1) is 15.2. The van der Waals surface area contributed by atoms with Crippen LogP contribution in [0.25, 0.3) is 0 Å². The average Bonchev–Trinajstić information content (AvgIpc) is 2.27. The Morgan fingerprint density at radius 2 is 2.12 bits per heavy atom. The molecule has 4 nitrogen and oxygen atoms in total. The van der Waals surface area contributed by atoms with E-state index in [1.54, 1.807) is 6.08 Å². The number of hydrogen-bond acceptors (Lipinski definition) is 4. The minimum absolute atomic E-state index is 0.144. The Hall–Kier alpha value is -1.84. The lowest BCUT2D eigenvalue weighted by molar-refractivity contribution is 0.0976. The zero-order valence-corrected chi connectivity index (χ0v) is 10.4. The number of Topliss-reactive ketones (excluding diaryl/α,β-unsaturated/α-hetero) is 1. The van der Waals surface area contributed by atoms with Gasteiger partial charge in [0.2, 0.25) is 0 Å². The van der Waals surface area contributed by atoms with Gasteiger partial charge in [0.15, 0.2) is 5.78 Å². The molecule has 1 aromatic heterocycles. The molecule has 94 valence electrons. The summed E-state index contributed by atoms with van der Waals surface area (Å²) in [6.07, 6.45) is 2.18. The van der Waals surface area contributed by atoms with Crippen LogP contribution in [0.3, 0.4) is 0 Å². The summed E-state index contributed by atoms with van der Waals surface area (Å²) in [5.41, 5.74) is -1.07. The normalized spacial score (nSPS) is 9.12. The van der Waals surface area contributed by atoms with Crippen molar-refractivity contribution >= 4 is 5.78 Å². The number of carbonyl (C=O) groups is 1. The molecule has 0 saturated heterocycles. The lowest BCUT2D eigenvalue weighted by atomic mass is 10.1. The number of allylic oxidation sites excluding steroid dienone is 1. The minimum Gasteiger partial charge on any atom is -0.507 e. The Labute approximate surface area is 101 Å². The Morgan fingerprint density at radius 3 is 2.59 bits per heavy atom. The van der Waals surface area contributed by atoms with Gasteiger partial charge in [-0.3, -0.25) is 4.79 Å². The topological polar surface area (TPSA) is 67.5 Å². The number of hydrogen-bond donors (Lipinski definition) is 1. The molecular weight excluding hydrogens is 220 g/mol. The van der Waals surface area contributed by atoms with E-state index in [1.807, 2.05) is 13.8 Å². The van der Waals surface area contributed by atoms with Gasteiger partial charge >= 0.3 is 5.63 Å². The molecule has 0 saturated carbocycles. The summed E-state index contributed by atoms with van der Waals surface area (Å²) < 4.78 is 4.73. The second-order valence-electron chi connectivity index (χ2n) is 3.16. The molecule has 1 aromatic rings. The molecule has 1 rings (SSSR count). The van der Waals surface area contributed by atoms with Crippen molar-refractivity contribution in [2.75, 3.05) is 0 Å². The number of aromatic hydroxyl groups is 1. The summed E-state index contributed by atoms with van der Waals surface area (Å²) in [7, 11) is 0. The Kier molecular flexibility index (Phi) is 6.63. The lowest BCUT2D eigenvalue weighted by Crippen LogP contribution is -2.14. The predicted molar refractivity (Wildman–Crippen MR) is 66.5 cm³/mol. The van der Waals surface area contributed by atoms with Crippen molar-refractivity contribution in [1.82, 2.24) is 0 Å². The first-order valence-corrected chi connectivity index (χ1v) is 5.54. The molecule has 0 aliphatic carbocycles. The Balaban J connectivity index is 0.00000121. The Morgan fingerprint density at radius 1 is 1.53 bits per heavy atom. The highest BCUT2D eigenvalue weighted by Crippen LogP contribution is 2.16. The molecule has 0 bridgehead atoms. The molecule has 1 N–H and O–H groups in total. The smallest absolute Gasteiger partial charge is 0.350 e. The summed E-state index contributed by atoms with van der Waals surface area (Å²) >= 11 is 0. The van der Waals surface area contributed by atoms with E-state index < -0.39 is 11.4 Å². The first-order valence-electron chi connectivity index (χ1n) is 5.54. The first-order chi connectivity index (χ1) is 8.06. The van der Waals surface area contributed by atoms with Gasteiger partial charge in [0, 0.05) is 12.5 Å². The molecule has 0 amide bonds. The summed E-state index contributed by atoms with van der Waals surface area (Å²) in [4.78, 5) is 22.8. The molecule has 0 aliphatic rings. The number of rotatable bonds is 4. The second kappa shape index (κ2) is 7.44. The fraction of sp³-hybridized carbons (Fsp3) is 0.385. The van der Waals surface area contributed by atoms with Crippen molar-refractivity contribution in [3.05, 3.63) is 40.5 Å². The predicted octanol–water partition coefficient (Wildman–Crippen LogP) is 2.83. The fourth-order valence-corrected chi connectivity index (χ4v) is 1.21. The minimum atomic E-state index is -0.790. The summed E-state index contributed by atoms with van der Waals surface area (Å²) in [6, 6.07) is 1.25. The summed E-state index contributed by atoms with van der Waals surface area (Å²) in [6.45, 7) is 9.00. The van der Waals surface area contributed by atoms with Gasteiger partial charge in [0.25, 0.3) is 0 Å². The van der Waals surface area contributed by atoms with E-state index in [-0.39, 0.29) is 23.5 Å². The van der Waals surface area contributed by atoms with Crippen molar-refractivity contribution in [1.29, 1.82) is 0 Å². The molecule has 4 heteroatoms. The van der Waals surface area contributed by atoms with Gasteiger partial charge in [-0.15, -0.1) is 6.58 Å². The number of ketones is 1. The van der Waals surface area contributed by atoms with Gasteiger partial charge in [0.1, 0.15) is 17.1 Å². The van der Waals surface area contributed by atoms with Crippen molar-refractivity contribution in [2.24, 2.45) is 0 Å². The van der Waals surface area contributed by atoms with Gasteiger partial charge < -0.3 is 9.52 Å². The van der Waals surface area contributed by atoms with Crippen LogP contribution in [0, 0.1) is 6.92 Å². The monoisotopic (exact) mass is 238 g/mol. The van der Waals surface area contributed by atoms with Crippen LogP contribution < -0.4 is 5.63 Å². The molecule has 0 aliphatic heterocycles. The highest BCUT2D eigenvalue weighted by molar-refractivity contribution is 5.98. The molecule has 0 unspecified atom stereocenters. The molecule has 0 atom stereocenters. The van der Waals surface area contributed by atoms with Crippen molar-refractivity contribution < 1.29 is 14.3 Å². The van der Waals surface area contributed by atoms with Gasteiger partial charge in [-0.05, 0) is 13.3 Å². The third-order valence-corrected chi connectivity index (χ3v) is 1.91. The van der Waals surface area contributed by atoms with Gasteiger partial charge in [0.05, 0.1) is 0 Å². The molecule has 0 aromatic carbocycles. The SMILES string of the molecule is C=CCCC(=O)c1c(O)cc(C)oc1=O.CC. The van der Waals surface area contributed by atoms with Crippen LogP contribution >= 0.6 is 0 Å². The third kappa shape index (κ3) is 4.26. The molecule has 17 heavy (non-hydrogen) atoms. The average molecular weight is 238 g/mol. The zero-order valence-electron chi connectivity index (χ0n) is 10.4. The van der Waals surface area contributed by atoms with Crippen LogP contribution in [0.1, 0.15) is 42.8 Å². The standard InChI is InChI=1S/C11H12O4.C2H6/c1-3-4-5-8(12)10-9(13)6-7(2)15-11(10)14;1-2/h3,6,13H,1,4-5H2,2H3;1-2H3. The van der Waals surface area contributed by atoms with E-state index >= 15 is 0 Å². The van der Waals surface area contributed by atoms with Crippen LogP contribution in [0.2, 0.25) is 0 Å². The molecule has 0 radical (unpaired) electrons. The van der Waals surface area contributed by atoms with Gasteiger partial charge in [-0.2, -0.15) is 0 Å². The maximum absolute atomic E-state index is 11.5. The summed E-state index contributed by atoms with van der Waals surface area (Å²) in [5.74, 6) is -0.475. The van der Waals surface area contributed by atoms with Crippen LogP contribution in [-0.4, -0.2) is 10.9 Å². The largest absolute Gasteiger partial charge is 0.507 e. The number of aryl methyl sites for hydroxylation is 1. The van der Waals surface area contributed by atoms with Crippen LogP contribution in [0.15, 0.2) is 27.9 Å². The summed E-state index contributed by atoms with van der Waals surface area (Å²) in [5, 5.41) is 9.44. The lowest BCUT2D eigenvalue weighted by Gasteiger charge is -2.01. The zero-order chi connectivity index (χ0) is 13.4. The van der Waals surface area contributed by atoms with Crippen LogP contribution in [0.5, 0.6) is 5.75 Å². The maximum atomic E-state index is 11.5.